The Morgan fingerprint density at radius 1 is 1.27 bits per heavy atom. The first-order chi connectivity index (χ1) is 12.8. The van der Waals surface area contributed by atoms with E-state index in [9.17, 15) is 4.79 Å². The number of piperidine rings is 1. The van der Waals surface area contributed by atoms with Crippen LogP contribution >= 0.6 is 0 Å². The number of fused-ring (bicyclic) bond motifs is 3. The molecule has 6 heteroatoms. The third-order valence-electron chi connectivity index (χ3n) is 5.13. The summed E-state index contributed by atoms with van der Waals surface area (Å²) in [4.78, 5) is 23.4. The summed E-state index contributed by atoms with van der Waals surface area (Å²) in [5.41, 5.74) is 2.42. The number of hydrogen-bond acceptors (Lipinski definition) is 5. The summed E-state index contributed by atoms with van der Waals surface area (Å²) in [5, 5.41) is 4.06. The zero-order valence-electron chi connectivity index (χ0n) is 15.1. The zero-order valence-corrected chi connectivity index (χ0v) is 15.1. The summed E-state index contributed by atoms with van der Waals surface area (Å²) in [6.45, 7) is 4.51. The molecule has 0 spiro atoms. The minimum absolute atomic E-state index is 0.0936. The number of hydrogen-bond donors (Lipinski definition) is 1. The van der Waals surface area contributed by atoms with E-state index in [2.05, 4.69) is 27.1 Å². The highest BCUT2D eigenvalue weighted by molar-refractivity contribution is 6.05. The van der Waals surface area contributed by atoms with Crippen molar-refractivity contribution in [3.8, 4) is 0 Å². The van der Waals surface area contributed by atoms with Gasteiger partial charge in [0.05, 0.1) is 0 Å². The van der Waals surface area contributed by atoms with E-state index in [1.807, 2.05) is 24.3 Å². The first-order valence-electron chi connectivity index (χ1n) is 9.43. The van der Waals surface area contributed by atoms with Crippen LogP contribution in [0.3, 0.4) is 0 Å². The second-order valence-electron chi connectivity index (χ2n) is 6.88. The molecule has 1 aromatic carbocycles. The molecule has 2 aromatic heterocycles. The molecule has 0 unspecified atom stereocenters. The van der Waals surface area contributed by atoms with Gasteiger partial charge in [-0.25, -0.2) is 9.97 Å². The van der Waals surface area contributed by atoms with Crippen LogP contribution in [0.2, 0.25) is 0 Å². The van der Waals surface area contributed by atoms with Crippen LogP contribution in [0.1, 0.15) is 32.6 Å². The van der Waals surface area contributed by atoms with Crippen LogP contribution in [0.5, 0.6) is 0 Å². The lowest BCUT2D eigenvalue weighted by atomic mass is 9.96. The standard InChI is InChI=1S/C20H24N4O2/c1-2-3-10-21-20(25)14-8-11-24(12-9-14)19-18-17(22-13-23-19)15-6-4-5-7-16(15)26-18/h4-7,13-14H,2-3,8-12H2,1H3,(H,21,25). The van der Waals surface area contributed by atoms with Crippen LogP contribution in [-0.2, 0) is 4.79 Å². The molecule has 1 saturated heterocycles. The molecule has 3 heterocycles. The number of rotatable bonds is 5. The van der Waals surface area contributed by atoms with E-state index in [0.717, 1.165) is 73.2 Å². The molecule has 26 heavy (non-hydrogen) atoms. The molecule has 0 saturated carbocycles. The SMILES string of the molecule is CCCCNC(=O)C1CCN(c2ncnc3c2oc2ccccc23)CC1. The van der Waals surface area contributed by atoms with Gasteiger partial charge in [-0.3, -0.25) is 4.79 Å². The Hall–Kier alpha value is -2.63. The lowest BCUT2D eigenvalue weighted by Crippen LogP contribution is -2.41. The molecule has 6 nitrogen and oxygen atoms in total. The van der Waals surface area contributed by atoms with Gasteiger partial charge in [0.15, 0.2) is 11.4 Å². The molecule has 0 bridgehead atoms. The molecule has 0 aliphatic carbocycles. The number of anilines is 1. The van der Waals surface area contributed by atoms with Crippen molar-refractivity contribution in [1.82, 2.24) is 15.3 Å². The Balaban J connectivity index is 1.50. The molecule has 3 aromatic rings. The lowest BCUT2D eigenvalue weighted by Gasteiger charge is -2.31. The second kappa shape index (κ2) is 7.32. The van der Waals surface area contributed by atoms with E-state index < -0.39 is 0 Å². The maximum atomic E-state index is 12.3. The van der Waals surface area contributed by atoms with Gasteiger partial charge in [-0.05, 0) is 31.4 Å². The maximum Gasteiger partial charge on any atom is 0.223 e. The molecule has 136 valence electrons. The van der Waals surface area contributed by atoms with Gasteiger partial charge in [0.25, 0.3) is 0 Å². The molecule has 1 aliphatic heterocycles. The van der Waals surface area contributed by atoms with Crippen molar-refractivity contribution < 1.29 is 9.21 Å². The number of aromatic nitrogens is 2. The van der Waals surface area contributed by atoms with Crippen molar-refractivity contribution in [3.05, 3.63) is 30.6 Å². The van der Waals surface area contributed by atoms with E-state index >= 15 is 0 Å². The first-order valence-corrected chi connectivity index (χ1v) is 9.43. The van der Waals surface area contributed by atoms with Gasteiger partial charge in [-0.2, -0.15) is 0 Å². The average Bonchev–Trinajstić information content (AvgIpc) is 3.07. The van der Waals surface area contributed by atoms with Crippen LogP contribution in [0.15, 0.2) is 35.0 Å². The van der Waals surface area contributed by atoms with Gasteiger partial charge >= 0.3 is 0 Å². The minimum atomic E-state index is 0.0936. The Bertz CT molecular complexity index is 912. The highest BCUT2D eigenvalue weighted by atomic mass is 16.3. The van der Waals surface area contributed by atoms with E-state index in [4.69, 9.17) is 4.42 Å². The fraction of sp³-hybridized carbons (Fsp3) is 0.450. The normalized spacial score (nSPS) is 15.7. The van der Waals surface area contributed by atoms with Crippen molar-refractivity contribution in [3.63, 3.8) is 0 Å². The smallest absolute Gasteiger partial charge is 0.223 e. The quantitative estimate of drug-likeness (QED) is 0.712. The second-order valence-corrected chi connectivity index (χ2v) is 6.88. The predicted octanol–water partition coefficient (Wildman–Crippen LogP) is 3.51. The summed E-state index contributed by atoms with van der Waals surface area (Å²) in [6.07, 6.45) is 5.41. The number of nitrogens with one attached hydrogen (secondary N) is 1. The molecule has 1 fully saturated rings. The number of para-hydroxylation sites is 1. The third kappa shape index (κ3) is 3.11. The summed E-state index contributed by atoms with van der Waals surface area (Å²) >= 11 is 0. The Morgan fingerprint density at radius 2 is 2.08 bits per heavy atom. The molecule has 0 atom stereocenters. The van der Waals surface area contributed by atoms with Crippen LogP contribution in [0, 0.1) is 5.92 Å². The largest absolute Gasteiger partial charge is 0.450 e. The number of furan rings is 1. The van der Waals surface area contributed by atoms with Gasteiger partial charge in [0, 0.05) is 30.9 Å². The van der Waals surface area contributed by atoms with Crippen molar-refractivity contribution in [2.75, 3.05) is 24.5 Å². The van der Waals surface area contributed by atoms with Crippen LogP contribution < -0.4 is 10.2 Å². The molecule has 1 aliphatic rings. The number of carbonyl (C=O) groups is 1. The number of unbranched alkanes of at least 4 members (excludes halogenated alkanes) is 1. The molecular weight excluding hydrogens is 328 g/mol. The molecular formula is C20H24N4O2. The lowest BCUT2D eigenvalue weighted by molar-refractivity contribution is -0.125. The van der Waals surface area contributed by atoms with Crippen LogP contribution in [-0.4, -0.2) is 35.5 Å². The summed E-state index contributed by atoms with van der Waals surface area (Å²) in [6, 6.07) is 7.92. The molecule has 0 radical (unpaired) electrons. The highest BCUT2D eigenvalue weighted by Gasteiger charge is 2.27. The van der Waals surface area contributed by atoms with E-state index in [0.29, 0.717) is 0 Å². The summed E-state index contributed by atoms with van der Waals surface area (Å²) < 4.78 is 6.03. The van der Waals surface area contributed by atoms with Gasteiger partial charge < -0.3 is 14.6 Å². The minimum Gasteiger partial charge on any atom is -0.450 e. The molecule has 1 N–H and O–H groups in total. The fourth-order valence-corrected chi connectivity index (χ4v) is 3.62. The predicted molar refractivity (Wildman–Crippen MR) is 102 cm³/mol. The number of nitrogens with zero attached hydrogens (tertiary/aromatic N) is 3. The van der Waals surface area contributed by atoms with Gasteiger partial charge in [-0.1, -0.05) is 25.5 Å². The van der Waals surface area contributed by atoms with E-state index in [1.54, 1.807) is 6.33 Å². The summed E-state index contributed by atoms with van der Waals surface area (Å²) in [5.74, 6) is 1.11. The number of carbonyl (C=O) groups excluding carboxylic acids is 1. The van der Waals surface area contributed by atoms with Crippen molar-refractivity contribution in [2.24, 2.45) is 5.92 Å². The van der Waals surface area contributed by atoms with Crippen molar-refractivity contribution in [2.45, 2.75) is 32.6 Å². The topological polar surface area (TPSA) is 71.3 Å². The van der Waals surface area contributed by atoms with E-state index in [-0.39, 0.29) is 11.8 Å². The Morgan fingerprint density at radius 3 is 2.88 bits per heavy atom. The van der Waals surface area contributed by atoms with E-state index in [1.165, 1.54) is 0 Å². The first kappa shape index (κ1) is 16.8. The van der Waals surface area contributed by atoms with Gasteiger partial charge in [0.1, 0.15) is 17.4 Å². The van der Waals surface area contributed by atoms with Crippen LogP contribution in [0.25, 0.3) is 22.1 Å². The fourth-order valence-electron chi connectivity index (χ4n) is 3.62. The van der Waals surface area contributed by atoms with Crippen molar-refractivity contribution in [1.29, 1.82) is 0 Å². The van der Waals surface area contributed by atoms with Crippen molar-refractivity contribution >= 4 is 33.8 Å². The highest BCUT2D eigenvalue weighted by Crippen LogP contribution is 2.33. The average molecular weight is 352 g/mol. The van der Waals surface area contributed by atoms with Gasteiger partial charge in [0.2, 0.25) is 5.91 Å². The molecule has 4 rings (SSSR count). The van der Waals surface area contributed by atoms with Gasteiger partial charge in [-0.15, -0.1) is 0 Å². The molecule has 1 amide bonds. The number of benzene rings is 1. The zero-order chi connectivity index (χ0) is 17.9. The Kier molecular flexibility index (Phi) is 4.73. The van der Waals surface area contributed by atoms with Crippen LogP contribution in [0.4, 0.5) is 5.82 Å². The summed E-state index contributed by atoms with van der Waals surface area (Å²) in [7, 11) is 0. The third-order valence-corrected chi connectivity index (χ3v) is 5.13. The maximum absolute atomic E-state index is 12.3. The number of amides is 1. The monoisotopic (exact) mass is 352 g/mol. The Labute approximate surface area is 152 Å².